The number of nitrogens with zero attached hydrogens (tertiary/aromatic N) is 1. The van der Waals surface area contributed by atoms with E-state index in [0.29, 0.717) is 12.8 Å². The Labute approximate surface area is 147 Å². The first-order valence-electron chi connectivity index (χ1n) is 8.08. The van der Waals surface area contributed by atoms with Crippen molar-refractivity contribution in [1.29, 1.82) is 0 Å². The molecule has 7 nitrogen and oxygen atoms in total. The number of hydrogen-bond donors (Lipinski definition) is 0. The summed E-state index contributed by atoms with van der Waals surface area (Å²) < 4.78 is 37.3. The zero-order valence-electron chi connectivity index (χ0n) is 14.3. The van der Waals surface area contributed by atoms with Crippen LogP contribution in [0.1, 0.15) is 18.4 Å². The summed E-state index contributed by atoms with van der Waals surface area (Å²) in [6.45, 7) is 1.87. The molecule has 2 bridgehead atoms. The summed E-state index contributed by atoms with van der Waals surface area (Å²) >= 11 is 0. The fourth-order valence-electron chi connectivity index (χ4n) is 4.06. The van der Waals surface area contributed by atoms with Gasteiger partial charge in [0.15, 0.2) is 0 Å². The Bertz CT molecular complexity index is 758. The van der Waals surface area contributed by atoms with E-state index in [1.165, 1.54) is 18.5 Å². The number of carbonyl (C=O) groups excluding carboxylic acids is 2. The van der Waals surface area contributed by atoms with Gasteiger partial charge in [0.25, 0.3) is 0 Å². The Balaban J connectivity index is 2.04. The summed E-state index contributed by atoms with van der Waals surface area (Å²) in [7, 11) is -1.35. The van der Waals surface area contributed by atoms with Crippen LogP contribution in [-0.4, -0.2) is 51.0 Å². The molecule has 1 aromatic carbocycles. The van der Waals surface area contributed by atoms with Crippen LogP contribution in [-0.2, 0) is 29.1 Å². The Morgan fingerprint density at radius 3 is 1.80 bits per heavy atom. The molecule has 2 heterocycles. The summed E-state index contributed by atoms with van der Waals surface area (Å²) in [4.78, 5) is 24.6. The van der Waals surface area contributed by atoms with Crippen molar-refractivity contribution in [3.05, 3.63) is 29.8 Å². The number of methoxy groups -OCH3 is 2. The van der Waals surface area contributed by atoms with Crippen LogP contribution in [0.25, 0.3) is 0 Å². The van der Waals surface area contributed by atoms with Gasteiger partial charge >= 0.3 is 11.9 Å². The van der Waals surface area contributed by atoms with Crippen molar-refractivity contribution in [2.24, 2.45) is 11.8 Å². The lowest BCUT2D eigenvalue weighted by atomic mass is 9.79. The molecule has 2 saturated heterocycles. The summed E-state index contributed by atoms with van der Waals surface area (Å²) in [5, 5.41) is 0. The van der Waals surface area contributed by atoms with Crippen LogP contribution in [0, 0.1) is 18.8 Å². The van der Waals surface area contributed by atoms with Crippen molar-refractivity contribution in [3.8, 4) is 0 Å². The molecule has 136 valence electrons. The number of esters is 2. The molecule has 1 aromatic rings. The number of carbonyl (C=O) groups is 2. The molecule has 2 unspecified atom stereocenters. The predicted octanol–water partition coefficient (Wildman–Crippen LogP) is 1.11. The van der Waals surface area contributed by atoms with Crippen LogP contribution in [0.5, 0.6) is 0 Å². The number of ether oxygens (including phenoxy) is 2. The zero-order chi connectivity index (χ0) is 18.4. The van der Waals surface area contributed by atoms with Crippen molar-refractivity contribution in [2.45, 2.75) is 36.7 Å². The van der Waals surface area contributed by atoms with Crippen molar-refractivity contribution < 1.29 is 27.5 Å². The van der Waals surface area contributed by atoms with Gasteiger partial charge in [0, 0.05) is 12.1 Å². The zero-order valence-corrected chi connectivity index (χ0v) is 15.2. The second-order valence-electron chi connectivity index (χ2n) is 6.46. The largest absolute Gasteiger partial charge is 0.469 e. The van der Waals surface area contributed by atoms with Gasteiger partial charge in [-0.2, -0.15) is 4.31 Å². The maximum Gasteiger partial charge on any atom is 0.311 e. The van der Waals surface area contributed by atoms with E-state index in [2.05, 4.69) is 0 Å². The lowest BCUT2D eigenvalue weighted by Gasteiger charge is -2.24. The van der Waals surface area contributed by atoms with Gasteiger partial charge < -0.3 is 9.47 Å². The maximum absolute atomic E-state index is 13.1. The fraction of sp³-hybridized carbons (Fsp3) is 0.529. The maximum atomic E-state index is 13.1. The molecule has 0 N–H and O–H groups in total. The van der Waals surface area contributed by atoms with Crippen LogP contribution < -0.4 is 0 Å². The summed E-state index contributed by atoms with van der Waals surface area (Å²) in [6, 6.07) is 5.35. The third-order valence-electron chi connectivity index (χ3n) is 5.17. The SMILES string of the molecule is COC(=O)[C@H]1C2CCC([C@@H]1C(=O)OC)N2S(=O)(=O)c1ccc(C)cc1. The first kappa shape index (κ1) is 17.9. The van der Waals surface area contributed by atoms with Crippen LogP contribution in [0.15, 0.2) is 29.2 Å². The van der Waals surface area contributed by atoms with Crippen molar-refractivity contribution in [3.63, 3.8) is 0 Å². The van der Waals surface area contributed by atoms with Gasteiger partial charge in [0.2, 0.25) is 10.0 Å². The van der Waals surface area contributed by atoms with Gasteiger partial charge in [-0.3, -0.25) is 9.59 Å². The monoisotopic (exact) mass is 367 g/mol. The molecule has 2 aliphatic rings. The minimum Gasteiger partial charge on any atom is -0.469 e. The average Bonchev–Trinajstić information content (AvgIpc) is 3.17. The highest BCUT2D eigenvalue weighted by Crippen LogP contribution is 2.49. The third kappa shape index (κ3) is 2.73. The fourth-order valence-corrected chi connectivity index (χ4v) is 5.97. The molecule has 0 amide bonds. The van der Waals surface area contributed by atoms with E-state index in [9.17, 15) is 18.0 Å². The molecular weight excluding hydrogens is 346 g/mol. The molecule has 0 saturated carbocycles. The molecule has 0 aliphatic carbocycles. The lowest BCUT2D eigenvalue weighted by Crippen LogP contribution is -2.39. The first-order valence-corrected chi connectivity index (χ1v) is 9.52. The minimum atomic E-state index is -3.82. The summed E-state index contributed by atoms with van der Waals surface area (Å²) in [5.74, 6) is -2.83. The molecule has 8 heteroatoms. The number of fused-ring (bicyclic) bond motifs is 2. The van der Waals surface area contributed by atoms with Crippen LogP contribution in [0.3, 0.4) is 0 Å². The molecule has 0 aromatic heterocycles. The lowest BCUT2D eigenvalue weighted by molar-refractivity contribution is -0.157. The Morgan fingerprint density at radius 1 is 0.960 bits per heavy atom. The molecule has 0 radical (unpaired) electrons. The van der Waals surface area contributed by atoms with E-state index >= 15 is 0 Å². The van der Waals surface area contributed by atoms with Crippen LogP contribution in [0.2, 0.25) is 0 Å². The minimum absolute atomic E-state index is 0.157. The van der Waals surface area contributed by atoms with Crippen LogP contribution in [0.4, 0.5) is 0 Å². The quantitative estimate of drug-likeness (QED) is 0.741. The first-order chi connectivity index (χ1) is 11.8. The highest BCUT2D eigenvalue weighted by molar-refractivity contribution is 7.89. The molecule has 2 aliphatic heterocycles. The third-order valence-corrected chi connectivity index (χ3v) is 7.14. The van der Waals surface area contributed by atoms with Gasteiger partial charge in [0.05, 0.1) is 31.0 Å². The Morgan fingerprint density at radius 2 is 1.40 bits per heavy atom. The molecule has 2 fully saturated rings. The number of benzene rings is 1. The van der Waals surface area contributed by atoms with Gasteiger partial charge in [-0.25, -0.2) is 8.42 Å². The van der Waals surface area contributed by atoms with E-state index < -0.39 is 45.9 Å². The topological polar surface area (TPSA) is 90.0 Å². The van der Waals surface area contributed by atoms with E-state index in [4.69, 9.17) is 9.47 Å². The Hall–Kier alpha value is -1.93. The molecular formula is C17H21NO6S. The number of hydrogen-bond acceptors (Lipinski definition) is 6. The summed E-state index contributed by atoms with van der Waals surface area (Å²) in [5.41, 5.74) is 0.947. The van der Waals surface area contributed by atoms with Crippen LogP contribution >= 0.6 is 0 Å². The molecule has 3 rings (SSSR count). The van der Waals surface area contributed by atoms with E-state index in [1.807, 2.05) is 6.92 Å². The second-order valence-corrected chi connectivity index (χ2v) is 8.30. The molecule has 4 atom stereocenters. The predicted molar refractivity (Wildman–Crippen MR) is 88.0 cm³/mol. The Kier molecular flexibility index (Phi) is 4.59. The highest BCUT2D eigenvalue weighted by atomic mass is 32.2. The molecule has 25 heavy (non-hydrogen) atoms. The van der Waals surface area contributed by atoms with E-state index in [-0.39, 0.29) is 4.90 Å². The highest BCUT2D eigenvalue weighted by Gasteiger charge is 2.63. The van der Waals surface area contributed by atoms with Crippen molar-refractivity contribution in [2.75, 3.05) is 14.2 Å². The second kappa shape index (κ2) is 6.42. The van der Waals surface area contributed by atoms with Crippen molar-refractivity contribution in [1.82, 2.24) is 4.31 Å². The van der Waals surface area contributed by atoms with Gasteiger partial charge in [-0.15, -0.1) is 0 Å². The number of aryl methyl sites for hydroxylation is 1. The van der Waals surface area contributed by atoms with Gasteiger partial charge in [-0.1, -0.05) is 17.7 Å². The normalized spacial score (nSPS) is 28.8. The smallest absolute Gasteiger partial charge is 0.311 e. The van der Waals surface area contributed by atoms with Gasteiger partial charge in [0.1, 0.15) is 0 Å². The number of sulfonamides is 1. The van der Waals surface area contributed by atoms with Gasteiger partial charge in [-0.05, 0) is 31.9 Å². The van der Waals surface area contributed by atoms with E-state index in [0.717, 1.165) is 5.56 Å². The van der Waals surface area contributed by atoms with E-state index in [1.54, 1.807) is 24.3 Å². The average molecular weight is 367 g/mol. The standard InChI is InChI=1S/C17H21NO6S/c1-10-4-6-11(7-5-10)25(21,22)18-12-8-9-13(18)15(17(20)24-3)14(12)16(19)23-2/h4-7,12-15H,8-9H2,1-3H3/t12?,13?,14-,15-/m0/s1. The molecule has 0 spiro atoms. The number of rotatable bonds is 4. The summed E-state index contributed by atoms with van der Waals surface area (Å²) in [6.07, 6.45) is 1.03. The van der Waals surface area contributed by atoms with Crippen molar-refractivity contribution >= 4 is 22.0 Å².